The van der Waals surface area contributed by atoms with Crippen LogP contribution in [0.25, 0.3) is 0 Å². The first-order valence-electron chi connectivity index (χ1n) is 13.5. The van der Waals surface area contributed by atoms with Crippen LogP contribution in [0.5, 0.6) is 0 Å². The largest absolute Gasteiger partial charge is 0.390 e. The molecule has 4 aliphatic rings. The predicted octanol–water partition coefficient (Wildman–Crippen LogP) is 7.14. The fraction of sp³-hybridized carbons (Fsp3) is 0.931. The van der Waals surface area contributed by atoms with Crippen LogP contribution in [0.2, 0.25) is 0 Å². The lowest BCUT2D eigenvalue weighted by atomic mass is 9.44. The van der Waals surface area contributed by atoms with Gasteiger partial charge in [0, 0.05) is 0 Å². The van der Waals surface area contributed by atoms with Gasteiger partial charge in [-0.3, -0.25) is 0 Å². The van der Waals surface area contributed by atoms with E-state index in [0.29, 0.717) is 22.7 Å². The summed E-state index contributed by atoms with van der Waals surface area (Å²) in [6.07, 6.45) is 14.2. The van der Waals surface area contributed by atoms with E-state index in [1.807, 2.05) is 13.8 Å². The van der Waals surface area contributed by atoms with Crippen LogP contribution in [-0.2, 0) is 0 Å². The van der Waals surface area contributed by atoms with Gasteiger partial charge in [0.15, 0.2) is 0 Å². The molecule has 0 bridgehead atoms. The van der Waals surface area contributed by atoms with Gasteiger partial charge in [0.2, 0.25) is 0 Å². The highest BCUT2D eigenvalue weighted by atomic mass is 16.3. The molecule has 0 amide bonds. The Morgan fingerprint density at radius 3 is 2.45 bits per heavy atom. The number of fused-ring (bicyclic) bond motifs is 5. The summed E-state index contributed by atoms with van der Waals surface area (Å²) in [4.78, 5) is 0. The fourth-order valence-electron chi connectivity index (χ4n) is 9.13. The van der Waals surface area contributed by atoms with E-state index in [1.165, 1.54) is 32.1 Å². The number of hydrogen-bond donors (Lipinski definition) is 2. The normalized spacial score (nSPS) is 48.4. The topological polar surface area (TPSA) is 40.5 Å². The summed E-state index contributed by atoms with van der Waals surface area (Å²) < 4.78 is 0. The maximum Gasteiger partial charge on any atom is 0.0682 e. The van der Waals surface area contributed by atoms with Gasteiger partial charge in [0.25, 0.3) is 0 Å². The molecule has 4 aliphatic carbocycles. The van der Waals surface area contributed by atoms with Crippen molar-refractivity contribution >= 4 is 0 Å². The summed E-state index contributed by atoms with van der Waals surface area (Å²) >= 11 is 0. The van der Waals surface area contributed by atoms with Crippen LogP contribution in [0.15, 0.2) is 11.6 Å². The van der Waals surface area contributed by atoms with Gasteiger partial charge in [-0.05, 0) is 124 Å². The van der Waals surface area contributed by atoms with Crippen molar-refractivity contribution in [2.45, 2.75) is 124 Å². The van der Waals surface area contributed by atoms with E-state index in [1.54, 1.807) is 5.57 Å². The SMILES string of the molecule is CC[C@]1(O)CC[C@@]2(C)C(=CC(C)[C@H]3[C@@H]4CC[C@H]([C@H](C)CCC(C)(C)O)[C@@]4(C)CC[C@@H]32)C1. The third-order valence-electron chi connectivity index (χ3n) is 11.2. The zero-order valence-electron chi connectivity index (χ0n) is 21.5. The second kappa shape index (κ2) is 7.86. The molecule has 0 aromatic heterocycles. The van der Waals surface area contributed by atoms with E-state index in [4.69, 9.17) is 0 Å². The molecule has 2 N–H and O–H groups in total. The molecule has 2 nitrogen and oxygen atoms in total. The summed E-state index contributed by atoms with van der Waals surface area (Å²) in [5.74, 6) is 4.61. The number of rotatable bonds is 5. The Morgan fingerprint density at radius 2 is 1.81 bits per heavy atom. The molecule has 4 rings (SSSR count). The van der Waals surface area contributed by atoms with Crippen molar-refractivity contribution in [3.63, 3.8) is 0 Å². The van der Waals surface area contributed by atoms with Crippen molar-refractivity contribution < 1.29 is 10.2 Å². The highest BCUT2D eigenvalue weighted by molar-refractivity contribution is 5.28. The van der Waals surface area contributed by atoms with E-state index in [0.717, 1.165) is 55.8 Å². The van der Waals surface area contributed by atoms with E-state index in [2.05, 4.69) is 40.7 Å². The molecule has 178 valence electrons. The molecule has 0 aromatic carbocycles. The first-order chi connectivity index (χ1) is 14.3. The highest BCUT2D eigenvalue weighted by Crippen LogP contribution is 2.68. The van der Waals surface area contributed by atoms with Crippen molar-refractivity contribution in [3.05, 3.63) is 11.6 Å². The number of aliphatic hydroxyl groups is 2. The van der Waals surface area contributed by atoms with Gasteiger partial charge >= 0.3 is 0 Å². The first-order valence-corrected chi connectivity index (χ1v) is 13.5. The van der Waals surface area contributed by atoms with Gasteiger partial charge in [-0.2, -0.15) is 0 Å². The minimum Gasteiger partial charge on any atom is -0.390 e. The monoisotopic (exact) mass is 430 g/mol. The molecule has 0 aromatic rings. The molecule has 9 atom stereocenters. The van der Waals surface area contributed by atoms with E-state index < -0.39 is 11.2 Å². The minimum atomic E-state index is -0.542. The lowest BCUT2D eigenvalue weighted by Crippen LogP contribution is -2.54. The van der Waals surface area contributed by atoms with Crippen LogP contribution in [0.1, 0.15) is 113 Å². The van der Waals surface area contributed by atoms with Crippen molar-refractivity contribution in [2.24, 2.45) is 46.3 Å². The Hall–Kier alpha value is -0.340. The predicted molar refractivity (Wildman–Crippen MR) is 130 cm³/mol. The Morgan fingerprint density at radius 1 is 1.10 bits per heavy atom. The summed E-state index contributed by atoms with van der Waals surface area (Å²) in [7, 11) is 0. The van der Waals surface area contributed by atoms with Gasteiger partial charge in [0.05, 0.1) is 11.2 Å². The Balaban J connectivity index is 1.57. The van der Waals surface area contributed by atoms with Crippen LogP contribution in [0.4, 0.5) is 0 Å². The minimum absolute atomic E-state index is 0.310. The molecule has 0 heterocycles. The van der Waals surface area contributed by atoms with Crippen LogP contribution in [0, 0.1) is 46.3 Å². The van der Waals surface area contributed by atoms with Crippen molar-refractivity contribution in [2.75, 3.05) is 0 Å². The molecule has 0 aliphatic heterocycles. The molecule has 0 saturated heterocycles. The lowest BCUT2D eigenvalue weighted by molar-refractivity contribution is -0.0885. The zero-order chi connectivity index (χ0) is 22.8. The Bertz CT molecular complexity index is 704. The maximum atomic E-state index is 11.1. The maximum absolute atomic E-state index is 11.1. The van der Waals surface area contributed by atoms with Gasteiger partial charge in [-0.15, -0.1) is 0 Å². The summed E-state index contributed by atoms with van der Waals surface area (Å²) in [6.45, 7) is 16.2. The molecule has 31 heavy (non-hydrogen) atoms. The highest BCUT2D eigenvalue weighted by Gasteiger charge is 2.61. The second-order valence-electron chi connectivity index (χ2n) is 13.6. The van der Waals surface area contributed by atoms with Crippen molar-refractivity contribution in [1.82, 2.24) is 0 Å². The third-order valence-corrected chi connectivity index (χ3v) is 11.2. The van der Waals surface area contributed by atoms with Crippen LogP contribution in [0.3, 0.4) is 0 Å². The van der Waals surface area contributed by atoms with E-state index in [-0.39, 0.29) is 0 Å². The molecule has 3 fully saturated rings. The standard InChI is InChI=1S/C29H50O2/c1-8-29(31)16-15-27(6)21(18-29)17-20(3)25-23-10-9-22(19(2)11-13-26(4,5)30)28(23,7)14-12-24(25)27/h17,19-20,22-25,30-31H,8-16,18H2,1-7H3/t19-,20?,22-,23+,24+,25+,27+,28-,29+/m1/s1. The lowest BCUT2D eigenvalue weighted by Gasteiger charge is -2.61. The zero-order valence-corrected chi connectivity index (χ0v) is 21.5. The van der Waals surface area contributed by atoms with Crippen LogP contribution >= 0.6 is 0 Å². The molecule has 3 saturated carbocycles. The van der Waals surface area contributed by atoms with Crippen molar-refractivity contribution in [3.8, 4) is 0 Å². The van der Waals surface area contributed by atoms with Gasteiger partial charge in [-0.1, -0.05) is 46.3 Å². The average molecular weight is 431 g/mol. The smallest absolute Gasteiger partial charge is 0.0682 e. The third kappa shape index (κ3) is 3.96. The van der Waals surface area contributed by atoms with Gasteiger partial charge in [0.1, 0.15) is 0 Å². The molecular weight excluding hydrogens is 380 g/mol. The molecule has 1 unspecified atom stereocenters. The van der Waals surface area contributed by atoms with Gasteiger partial charge in [-0.25, -0.2) is 0 Å². The second-order valence-corrected chi connectivity index (χ2v) is 13.6. The summed E-state index contributed by atoms with van der Waals surface area (Å²) in [5.41, 5.74) is 1.36. The quantitative estimate of drug-likeness (QED) is 0.455. The summed E-state index contributed by atoms with van der Waals surface area (Å²) in [6, 6.07) is 0. The first kappa shape index (κ1) is 23.8. The number of allylic oxidation sites excluding steroid dienone is 1. The van der Waals surface area contributed by atoms with Crippen LogP contribution < -0.4 is 0 Å². The summed E-state index contributed by atoms with van der Waals surface area (Å²) in [5, 5.41) is 21.3. The van der Waals surface area contributed by atoms with E-state index in [9.17, 15) is 10.2 Å². The molecule has 2 heteroatoms. The molecule has 0 spiro atoms. The van der Waals surface area contributed by atoms with Gasteiger partial charge < -0.3 is 10.2 Å². The molecular formula is C29H50O2. The van der Waals surface area contributed by atoms with Crippen LogP contribution in [-0.4, -0.2) is 21.4 Å². The Labute approximate surface area is 192 Å². The van der Waals surface area contributed by atoms with E-state index >= 15 is 0 Å². The fourth-order valence-corrected chi connectivity index (χ4v) is 9.13. The van der Waals surface area contributed by atoms with Crippen molar-refractivity contribution in [1.29, 1.82) is 0 Å². The molecule has 0 radical (unpaired) electrons. The Kier molecular flexibility index (Phi) is 6.04. The number of hydrogen-bond acceptors (Lipinski definition) is 2. The average Bonchev–Trinajstić information content (AvgIpc) is 3.04.